The van der Waals surface area contributed by atoms with Gasteiger partial charge in [-0.25, -0.2) is 4.79 Å². The van der Waals surface area contributed by atoms with E-state index in [1.165, 1.54) is 48.5 Å². The molecule has 4 saturated carbocycles. The lowest BCUT2D eigenvalue weighted by Crippen LogP contribution is -2.60. The van der Waals surface area contributed by atoms with Gasteiger partial charge in [-0.2, -0.15) is 0 Å². The number of ketones is 3. The topological polar surface area (TPSA) is 451 Å². The van der Waals surface area contributed by atoms with Gasteiger partial charge in [0, 0.05) is 61.9 Å². The van der Waals surface area contributed by atoms with Gasteiger partial charge < -0.3 is 92.1 Å². The summed E-state index contributed by atoms with van der Waals surface area (Å²) < 4.78 is 25.7. The summed E-state index contributed by atoms with van der Waals surface area (Å²) in [5.41, 5.74) is 4.56. The monoisotopic (exact) mass is 1570 g/mol. The molecule has 5 aromatic rings. The molecule has 5 fully saturated rings. The predicted molar refractivity (Wildman–Crippen MR) is 402 cm³/mol. The third-order valence-corrected chi connectivity index (χ3v) is 23.6. The largest absolute Gasteiger partial charge is 0.508 e. The number of carbonyl (C=O) groups excluding carboxylic acids is 9. The zero-order chi connectivity index (χ0) is 79.5. The normalized spacial score (nSPS) is 28.7. The third-order valence-electron chi connectivity index (χ3n) is 23.0. The molecule has 30 heteroatoms. The number of halogens is 2. The first-order valence-electron chi connectivity index (χ1n) is 38.3. The smallest absolute Gasteiger partial charge is 0.321 e. The quantitative estimate of drug-likeness (QED) is 0.0344. The van der Waals surface area contributed by atoms with Crippen molar-refractivity contribution in [2.75, 3.05) is 13.1 Å². The second-order valence-corrected chi connectivity index (χ2v) is 32.1. The highest BCUT2D eigenvalue weighted by Gasteiger charge is 2.51. The number of hydrogen-bond donors (Lipinski definition) is 15. The lowest BCUT2D eigenvalue weighted by atomic mass is 9.51. The number of carbonyl (C=O) groups is 9. The fraction of sp³-hybridized carbons (Fsp3) is 0.519. The molecule has 0 radical (unpaired) electrons. The average Bonchev–Trinajstić information content (AvgIpc) is 0.789. The van der Waals surface area contributed by atoms with Gasteiger partial charge in [-0.05, 0) is 169 Å². The summed E-state index contributed by atoms with van der Waals surface area (Å²) in [7, 11) is 0. The highest BCUT2D eigenvalue weighted by molar-refractivity contribution is 6.32. The van der Waals surface area contributed by atoms with E-state index in [0.29, 0.717) is 31.1 Å². The number of nitrogens with one attached hydrogen (secondary N) is 6. The number of rotatable bonds is 19. The lowest BCUT2D eigenvalue weighted by Gasteiger charge is -2.54. The Bertz CT molecular complexity index is 4360. The molecule has 7 amide bonds. The number of nitrogens with two attached hydrogens (primary N) is 1. The van der Waals surface area contributed by atoms with Crippen LogP contribution in [-0.2, 0) is 43.1 Å². The van der Waals surface area contributed by atoms with Gasteiger partial charge in [0.05, 0.1) is 21.9 Å². The Labute approximate surface area is 651 Å². The number of benzene rings is 5. The molecule has 28 nitrogen and oxygen atoms in total. The Morgan fingerprint density at radius 3 is 1.91 bits per heavy atom. The summed E-state index contributed by atoms with van der Waals surface area (Å²) in [5.74, 6) is -15.3. The first kappa shape index (κ1) is 81.5. The van der Waals surface area contributed by atoms with Crippen molar-refractivity contribution in [3.63, 3.8) is 0 Å². The van der Waals surface area contributed by atoms with Crippen LogP contribution in [-0.4, -0.2) is 150 Å². The SMILES string of the molecule is CCCCCCCNC(=O)NC(=O)C[C@@H]1CC(=O)[C@H](NC(=O)[C@H](CC)CC(C)C)[C@H](O)c2ccc(c(Cl)c2)Oc2cc3cc(c2O[C@@H]2O[C@H](CN)[C@@H](O)[C@H](O)[C@H]2O)Oc2ccc(cc2Cl)[C@@H](O)[C@@H]2NC(=O)[C@H](CC(=O)[C@@H]3NC1=O)c1ccc(O)c(c1)-c1c(O)cc(O)cc1[C@@H](C(=O)CC1C3CC4CC(C3)CC1C4)NC2=O. The van der Waals surface area contributed by atoms with Crippen molar-refractivity contribution in [1.82, 2.24) is 31.9 Å². The molecule has 0 unspecified atom stereocenters. The van der Waals surface area contributed by atoms with Gasteiger partial charge in [0.2, 0.25) is 41.6 Å². The Balaban J connectivity index is 1.05. The van der Waals surface area contributed by atoms with Crippen LogP contribution in [0.25, 0.3) is 11.1 Å². The molecular weight excluding hydrogens is 1480 g/mol. The Morgan fingerprint density at radius 1 is 0.649 bits per heavy atom. The molecule has 0 aromatic heterocycles. The van der Waals surface area contributed by atoms with E-state index in [0.717, 1.165) is 88.1 Å². The summed E-state index contributed by atoms with van der Waals surface area (Å²) in [6, 6.07) is 6.53. The summed E-state index contributed by atoms with van der Waals surface area (Å²) in [4.78, 5) is 137. The van der Waals surface area contributed by atoms with Crippen molar-refractivity contribution >= 4 is 76.1 Å². The third kappa shape index (κ3) is 18.1. The predicted octanol–water partition coefficient (Wildman–Crippen LogP) is 8.51. The maximum Gasteiger partial charge on any atom is 0.321 e. The van der Waals surface area contributed by atoms with Crippen LogP contribution in [0, 0.1) is 47.3 Å². The van der Waals surface area contributed by atoms with Crippen LogP contribution in [0.15, 0.2) is 78.9 Å². The molecule has 4 aliphatic carbocycles. The average molecular weight is 1580 g/mol. The molecule has 15 rings (SSSR count). The van der Waals surface area contributed by atoms with Gasteiger partial charge in [-0.15, -0.1) is 0 Å². The van der Waals surface area contributed by atoms with Gasteiger partial charge in [-0.3, -0.25) is 43.7 Å². The Hall–Kier alpha value is -8.97. The fourth-order valence-electron chi connectivity index (χ4n) is 17.4. The zero-order valence-corrected chi connectivity index (χ0v) is 63.5. The van der Waals surface area contributed by atoms with E-state index in [1.54, 1.807) is 6.92 Å². The summed E-state index contributed by atoms with van der Waals surface area (Å²) >= 11 is 14.3. The molecule has 15 bridgehead atoms. The minimum atomic E-state index is -2.17. The molecule has 6 aliphatic heterocycles. The van der Waals surface area contributed by atoms with Crippen LogP contribution >= 0.6 is 23.2 Å². The zero-order valence-electron chi connectivity index (χ0n) is 62.0. The van der Waals surface area contributed by atoms with E-state index >= 15 is 28.8 Å². The van der Waals surface area contributed by atoms with Crippen molar-refractivity contribution < 1.29 is 103 Å². The molecule has 111 heavy (non-hydrogen) atoms. The first-order chi connectivity index (χ1) is 53.0. The molecule has 14 atom stereocenters. The number of phenols is 3. The van der Waals surface area contributed by atoms with Crippen LogP contribution in [0.3, 0.4) is 0 Å². The number of unbranched alkanes of at least 4 members (excludes halogenated alkanes) is 4. The number of hydrogen-bond acceptors (Lipinski definition) is 22. The van der Waals surface area contributed by atoms with E-state index in [9.17, 15) is 55.2 Å². The van der Waals surface area contributed by atoms with E-state index in [1.807, 2.05) is 20.8 Å². The molecule has 10 aliphatic rings. The van der Waals surface area contributed by atoms with Gasteiger partial charge in [0.15, 0.2) is 28.8 Å². The van der Waals surface area contributed by atoms with Gasteiger partial charge in [0.1, 0.15) is 89.5 Å². The van der Waals surface area contributed by atoms with Crippen molar-refractivity contribution in [2.24, 2.45) is 53.1 Å². The van der Waals surface area contributed by atoms with Crippen LogP contribution < -0.4 is 51.8 Å². The van der Waals surface area contributed by atoms with Gasteiger partial charge in [0.25, 0.3) is 0 Å². The number of fused-ring (bicyclic) bond motifs is 15. The number of phenolic OH excluding ortho intramolecular Hbond substituents is 3. The summed E-state index contributed by atoms with van der Waals surface area (Å²) in [5, 5.41) is 110. The van der Waals surface area contributed by atoms with Gasteiger partial charge in [-0.1, -0.05) is 94.8 Å². The molecule has 6 heterocycles. The second kappa shape index (κ2) is 35.0. The highest BCUT2D eigenvalue weighted by atomic mass is 35.5. The number of aliphatic hydroxyl groups excluding tert-OH is 5. The number of amides is 7. The minimum absolute atomic E-state index is 0.0183. The molecule has 5 aromatic carbocycles. The Morgan fingerprint density at radius 2 is 1.29 bits per heavy atom. The van der Waals surface area contributed by atoms with Crippen molar-refractivity contribution in [3.05, 3.63) is 117 Å². The standard InChI is InChI=1S/C81H97Cl2N7O21/c1-5-7-8-9-10-17-85-81(107)86-64(97)30-46-27-56(94)68(89-76(103)39(6-2)18-36(3)4)70(98)41-12-15-59(52(82)25-41)108-61-28-45-29-62(75(61)111-80-74(102)73(101)72(100)63(35-84)110-80)109-60-16-13-42(26-53(60)83)71(99)69-79(106)88-67(58(96)33-48-43-20-37-19-38(22-43)23-44(48)21-37)51-31-47(91)32-55(93)65(51)50-24-40(11-14-54(50)92)49(78(105)90-69)34-57(95)66(45)87-77(46)104/h11-16,24-26,28-29,31-32,36-39,43-44,46,48-49,63,66-74,80,91-93,98-102H,5-10,17-23,27,30,33-35,84H2,1-4H3,(H,87,104)(H,88,106)(H,89,103)(H,90,105)(H2,85,86,97,107)/t37?,38?,39-,43?,44?,46+,48?,49-,63-,66-,67+,68+,69+,70-,71-,72-,73+,74-,80+/m1/s1. The number of Topliss-reactive ketones (excluding diaryl/α,β-unsaturated/α-hetero) is 3. The van der Waals surface area contributed by atoms with Crippen LogP contribution in [0.2, 0.25) is 10.0 Å². The summed E-state index contributed by atoms with van der Waals surface area (Å²) in [6.45, 7) is 7.30. The Kier molecular flexibility index (Phi) is 25.7. The van der Waals surface area contributed by atoms with E-state index in [4.69, 9.17) is 47.9 Å². The molecule has 0 spiro atoms. The number of imide groups is 1. The number of urea groups is 1. The van der Waals surface area contributed by atoms with Crippen LogP contribution in [0.4, 0.5) is 4.79 Å². The number of ether oxygens (including phenoxy) is 4. The van der Waals surface area contributed by atoms with E-state index < -0.39 is 198 Å². The van der Waals surface area contributed by atoms with E-state index in [2.05, 4.69) is 31.9 Å². The molecule has 596 valence electrons. The van der Waals surface area contributed by atoms with Crippen molar-refractivity contribution in [3.8, 4) is 57.1 Å². The molecule has 1 saturated heterocycles. The van der Waals surface area contributed by atoms with E-state index in [-0.39, 0.29) is 97.1 Å². The number of aliphatic hydroxyl groups is 5. The fourth-order valence-corrected chi connectivity index (χ4v) is 17.9. The van der Waals surface area contributed by atoms with Crippen LogP contribution in [0.1, 0.15) is 188 Å². The van der Waals surface area contributed by atoms with Gasteiger partial charge >= 0.3 is 6.03 Å². The second-order valence-electron chi connectivity index (χ2n) is 31.3. The maximum absolute atomic E-state index is 16.5. The molecule has 16 N–H and O–H groups in total. The lowest BCUT2D eigenvalue weighted by molar-refractivity contribution is -0.270. The minimum Gasteiger partial charge on any atom is -0.508 e. The molecular formula is C81H97Cl2N7O21. The van der Waals surface area contributed by atoms with Crippen molar-refractivity contribution in [1.29, 1.82) is 0 Å². The first-order valence-corrected chi connectivity index (χ1v) is 39.1. The number of aromatic hydroxyl groups is 3. The maximum atomic E-state index is 16.5. The highest BCUT2D eigenvalue weighted by Crippen LogP contribution is 2.58. The van der Waals surface area contributed by atoms with Crippen LogP contribution in [0.5, 0.6) is 46.0 Å². The van der Waals surface area contributed by atoms with Crippen molar-refractivity contribution in [2.45, 2.75) is 203 Å². The summed E-state index contributed by atoms with van der Waals surface area (Å²) in [6.07, 6.45) is -6.78.